The van der Waals surface area contributed by atoms with E-state index in [2.05, 4.69) is 5.32 Å². The molecule has 0 saturated carbocycles. The van der Waals surface area contributed by atoms with Crippen LogP contribution >= 0.6 is 0 Å². The third-order valence-corrected chi connectivity index (χ3v) is 3.34. The lowest BCUT2D eigenvalue weighted by Crippen LogP contribution is -2.55. The monoisotopic (exact) mass is 259 g/mol. The van der Waals surface area contributed by atoms with E-state index < -0.39 is 16.9 Å². The molecule has 104 valence electrons. The van der Waals surface area contributed by atoms with Crippen molar-refractivity contribution in [2.24, 2.45) is 5.41 Å². The largest absolute Gasteiger partial charge is 0.481 e. The number of aliphatic hydroxyl groups excluding tert-OH is 1. The van der Waals surface area contributed by atoms with Gasteiger partial charge in [-0.05, 0) is 26.7 Å². The van der Waals surface area contributed by atoms with E-state index in [0.29, 0.717) is 26.1 Å². The van der Waals surface area contributed by atoms with E-state index >= 15 is 0 Å². The summed E-state index contributed by atoms with van der Waals surface area (Å²) in [4.78, 5) is 22.8. The maximum absolute atomic E-state index is 11.9. The molecule has 0 spiro atoms. The molecule has 0 radical (unpaired) electrons. The topological polar surface area (TPSA) is 95.9 Å². The maximum Gasteiger partial charge on any atom is 0.309 e. The maximum atomic E-state index is 11.9. The van der Waals surface area contributed by atoms with E-state index in [-0.39, 0.29) is 18.9 Å². The number of carboxylic acids is 1. The Labute approximate surface area is 106 Å². The first-order valence-electron chi connectivity index (χ1n) is 6.04. The van der Waals surface area contributed by atoms with Crippen LogP contribution in [0.25, 0.3) is 0 Å². The van der Waals surface area contributed by atoms with E-state index in [1.54, 1.807) is 0 Å². The van der Waals surface area contributed by atoms with Gasteiger partial charge in [-0.25, -0.2) is 0 Å². The van der Waals surface area contributed by atoms with Gasteiger partial charge in [-0.3, -0.25) is 9.59 Å². The number of carbonyl (C=O) groups is 2. The molecule has 1 amide bonds. The average Bonchev–Trinajstić information content (AvgIpc) is 2.29. The van der Waals surface area contributed by atoms with E-state index in [1.807, 2.05) is 0 Å². The number of carbonyl (C=O) groups excluding carboxylic acids is 1. The summed E-state index contributed by atoms with van der Waals surface area (Å²) in [6.45, 7) is 3.83. The molecule has 0 aromatic heterocycles. The SMILES string of the molecule is CC(C)(CC(=O)NC1(CO)CCOCC1)C(=O)O. The van der Waals surface area contributed by atoms with E-state index in [4.69, 9.17) is 9.84 Å². The fourth-order valence-corrected chi connectivity index (χ4v) is 1.90. The van der Waals surface area contributed by atoms with Gasteiger partial charge in [-0.2, -0.15) is 0 Å². The molecule has 1 aliphatic rings. The van der Waals surface area contributed by atoms with Gasteiger partial charge in [0.15, 0.2) is 0 Å². The summed E-state index contributed by atoms with van der Waals surface area (Å²) in [6, 6.07) is 0. The Morgan fingerprint density at radius 3 is 2.33 bits per heavy atom. The molecule has 0 unspecified atom stereocenters. The standard InChI is InChI=1S/C12H21NO5/c1-11(2,10(16)17)7-9(15)13-12(8-14)3-5-18-6-4-12/h14H,3-8H2,1-2H3,(H,13,15)(H,16,17). The molecule has 0 aromatic carbocycles. The van der Waals surface area contributed by atoms with Gasteiger partial charge in [0.05, 0.1) is 17.6 Å². The molecule has 1 heterocycles. The minimum absolute atomic E-state index is 0.106. The summed E-state index contributed by atoms with van der Waals surface area (Å²) >= 11 is 0. The van der Waals surface area contributed by atoms with Crippen molar-refractivity contribution in [2.45, 2.75) is 38.6 Å². The highest BCUT2D eigenvalue weighted by atomic mass is 16.5. The first-order valence-corrected chi connectivity index (χ1v) is 6.04. The fourth-order valence-electron chi connectivity index (χ4n) is 1.90. The van der Waals surface area contributed by atoms with Gasteiger partial charge in [0.2, 0.25) is 5.91 Å². The van der Waals surface area contributed by atoms with Gasteiger partial charge in [-0.1, -0.05) is 0 Å². The van der Waals surface area contributed by atoms with Crippen molar-refractivity contribution in [1.29, 1.82) is 0 Å². The van der Waals surface area contributed by atoms with Crippen molar-refractivity contribution in [1.82, 2.24) is 5.32 Å². The van der Waals surface area contributed by atoms with E-state index in [9.17, 15) is 14.7 Å². The molecule has 1 fully saturated rings. The van der Waals surface area contributed by atoms with Crippen molar-refractivity contribution in [3.8, 4) is 0 Å². The number of aliphatic carboxylic acids is 1. The summed E-state index contributed by atoms with van der Waals surface area (Å²) in [6.07, 6.45) is 0.983. The van der Waals surface area contributed by atoms with Crippen LogP contribution in [0.15, 0.2) is 0 Å². The summed E-state index contributed by atoms with van der Waals surface area (Å²) < 4.78 is 5.19. The Kier molecular flexibility index (Phi) is 4.70. The van der Waals surface area contributed by atoms with Crippen LogP contribution in [-0.2, 0) is 14.3 Å². The van der Waals surface area contributed by atoms with Crippen LogP contribution in [0.4, 0.5) is 0 Å². The quantitative estimate of drug-likeness (QED) is 0.653. The Morgan fingerprint density at radius 1 is 1.33 bits per heavy atom. The second-order valence-corrected chi connectivity index (χ2v) is 5.46. The van der Waals surface area contributed by atoms with Crippen LogP contribution < -0.4 is 5.32 Å². The highest BCUT2D eigenvalue weighted by Gasteiger charge is 2.36. The number of hydrogen-bond acceptors (Lipinski definition) is 4. The van der Waals surface area contributed by atoms with Crippen LogP contribution in [0.2, 0.25) is 0 Å². The highest BCUT2D eigenvalue weighted by Crippen LogP contribution is 2.24. The Bertz CT molecular complexity index is 320. The van der Waals surface area contributed by atoms with Gasteiger partial charge in [0, 0.05) is 19.6 Å². The zero-order valence-corrected chi connectivity index (χ0v) is 10.9. The molecule has 1 rings (SSSR count). The van der Waals surface area contributed by atoms with Crippen LogP contribution in [-0.4, -0.2) is 47.4 Å². The molecule has 0 atom stereocenters. The average molecular weight is 259 g/mol. The molecule has 6 heteroatoms. The number of hydrogen-bond donors (Lipinski definition) is 3. The second kappa shape index (κ2) is 5.67. The van der Waals surface area contributed by atoms with Crippen molar-refractivity contribution in [3.05, 3.63) is 0 Å². The zero-order chi connectivity index (χ0) is 13.8. The lowest BCUT2D eigenvalue weighted by molar-refractivity contribution is -0.150. The third kappa shape index (κ3) is 3.68. The van der Waals surface area contributed by atoms with Crippen molar-refractivity contribution >= 4 is 11.9 Å². The smallest absolute Gasteiger partial charge is 0.309 e. The zero-order valence-electron chi connectivity index (χ0n) is 10.9. The van der Waals surface area contributed by atoms with Gasteiger partial charge in [0.1, 0.15) is 0 Å². The Morgan fingerprint density at radius 2 is 1.89 bits per heavy atom. The predicted molar refractivity (Wildman–Crippen MR) is 64.0 cm³/mol. The van der Waals surface area contributed by atoms with Crippen molar-refractivity contribution in [2.75, 3.05) is 19.8 Å². The third-order valence-electron chi connectivity index (χ3n) is 3.34. The molecule has 6 nitrogen and oxygen atoms in total. The number of ether oxygens (including phenoxy) is 1. The minimum Gasteiger partial charge on any atom is -0.481 e. The molecule has 0 aromatic rings. The molecule has 1 saturated heterocycles. The fraction of sp³-hybridized carbons (Fsp3) is 0.833. The summed E-state index contributed by atoms with van der Waals surface area (Å²) in [5.74, 6) is -1.36. The number of carboxylic acid groups (broad SMARTS) is 1. The van der Waals surface area contributed by atoms with Gasteiger partial charge >= 0.3 is 5.97 Å². The first kappa shape index (κ1) is 14.9. The van der Waals surface area contributed by atoms with E-state index in [0.717, 1.165) is 0 Å². The summed E-state index contributed by atoms with van der Waals surface area (Å²) in [7, 11) is 0. The van der Waals surface area contributed by atoms with E-state index in [1.165, 1.54) is 13.8 Å². The summed E-state index contributed by atoms with van der Waals surface area (Å²) in [5.41, 5.74) is -1.77. The van der Waals surface area contributed by atoms with Crippen LogP contribution in [0.3, 0.4) is 0 Å². The van der Waals surface area contributed by atoms with Crippen LogP contribution in [0.1, 0.15) is 33.1 Å². The van der Waals surface area contributed by atoms with Gasteiger partial charge < -0.3 is 20.3 Å². The number of aliphatic hydroxyl groups is 1. The second-order valence-electron chi connectivity index (χ2n) is 5.46. The molecule has 0 aliphatic carbocycles. The first-order chi connectivity index (χ1) is 8.31. The highest BCUT2D eigenvalue weighted by molar-refractivity contribution is 5.84. The molecular formula is C12H21NO5. The van der Waals surface area contributed by atoms with Crippen molar-refractivity contribution < 1.29 is 24.5 Å². The van der Waals surface area contributed by atoms with Gasteiger partial charge in [0.25, 0.3) is 0 Å². The summed E-state index contributed by atoms with van der Waals surface area (Å²) in [5, 5.41) is 21.1. The minimum atomic E-state index is -1.11. The molecule has 3 N–H and O–H groups in total. The number of nitrogens with one attached hydrogen (secondary N) is 1. The lowest BCUT2D eigenvalue weighted by atomic mass is 9.87. The van der Waals surface area contributed by atoms with Crippen LogP contribution in [0.5, 0.6) is 0 Å². The molecule has 0 bridgehead atoms. The Hall–Kier alpha value is -1.14. The Balaban J connectivity index is 2.60. The van der Waals surface area contributed by atoms with Crippen molar-refractivity contribution in [3.63, 3.8) is 0 Å². The predicted octanol–water partition coefficient (Wildman–Crippen LogP) is 0.145. The van der Waals surface area contributed by atoms with Crippen LogP contribution in [0, 0.1) is 5.41 Å². The number of rotatable bonds is 5. The number of amides is 1. The van der Waals surface area contributed by atoms with Gasteiger partial charge in [-0.15, -0.1) is 0 Å². The molecular weight excluding hydrogens is 238 g/mol. The molecule has 18 heavy (non-hydrogen) atoms. The molecule has 1 aliphatic heterocycles. The normalized spacial score (nSPS) is 19.3. The lowest BCUT2D eigenvalue weighted by Gasteiger charge is -2.37.